The molecular formula is C39H28N3+. The van der Waals surface area contributed by atoms with E-state index in [1.807, 2.05) is 6.07 Å². The third-order valence-corrected chi connectivity index (χ3v) is 8.23. The number of aromatic nitrogens is 3. The molecule has 0 amide bonds. The van der Waals surface area contributed by atoms with Gasteiger partial charge in [0, 0.05) is 23.9 Å². The van der Waals surface area contributed by atoms with Gasteiger partial charge < -0.3 is 0 Å². The van der Waals surface area contributed by atoms with Crippen molar-refractivity contribution in [1.29, 1.82) is 0 Å². The second-order valence-corrected chi connectivity index (χ2v) is 10.7. The van der Waals surface area contributed by atoms with Gasteiger partial charge in [0.15, 0.2) is 6.20 Å². The van der Waals surface area contributed by atoms with Gasteiger partial charge in [-0.25, -0.2) is 4.98 Å². The number of rotatable bonds is 4. The number of hydrogen-bond donors (Lipinski definition) is 0. The molecule has 0 N–H and O–H groups in total. The average Bonchev–Trinajstić information content (AvgIpc) is 3.39. The highest BCUT2D eigenvalue weighted by Gasteiger charge is 2.18. The Bertz CT molecular complexity index is 2170. The van der Waals surface area contributed by atoms with Gasteiger partial charge in [-0.15, -0.1) is 0 Å². The molecule has 0 aliphatic rings. The van der Waals surface area contributed by atoms with E-state index in [9.17, 15) is 0 Å². The van der Waals surface area contributed by atoms with Gasteiger partial charge in [-0.3, -0.25) is 4.57 Å². The second kappa shape index (κ2) is 9.83. The quantitative estimate of drug-likeness (QED) is 0.162. The second-order valence-electron chi connectivity index (χ2n) is 10.7. The number of nitrogens with zero attached hydrogens (tertiary/aromatic N) is 3. The standard InChI is InChI=1S/C39H28N3/c1-27-40-36-24-25-41(26-37(36)42(27)31-14-6-3-7-15-31)30-22-20-29(21-23-30)39-34-18-10-8-16-32(34)38(28-12-4-2-5-13-28)33-17-9-11-19-35(33)39/h2-26H,1H3/q+1. The van der Waals surface area contributed by atoms with Crippen LogP contribution in [0.2, 0.25) is 0 Å². The maximum absolute atomic E-state index is 4.81. The van der Waals surface area contributed by atoms with Crippen LogP contribution in [0.1, 0.15) is 5.82 Å². The average molecular weight is 539 g/mol. The summed E-state index contributed by atoms with van der Waals surface area (Å²) in [5.41, 5.74) is 9.29. The normalized spacial score (nSPS) is 11.5. The highest BCUT2D eigenvalue weighted by atomic mass is 15.1. The van der Waals surface area contributed by atoms with E-state index in [1.54, 1.807) is 0 Å². The molecule has 8 aromatic rings. The largest absolute Gasteiger partial charge is 0.291 e. The molecule has 0 atom stereocenters. The monoisotopic (exact) mass is 538 g/mol. The highest BCUT2D eigenvalue weighted by molar-refractivity contribution is 6.21. The molecule has 2 aromatic heterocycles. The van der Waals surface area contributed by atoms with Crippen LogP contribution in [0.3, 0.4) is 0 Å². The molecule has 8 rings (SSSR count). The smallest absolute Gasteiger partial charge is 0.210 e. The number of fused-ring (bicyclic) bond motifs is 3. The molecule has 0 aliphatic heterocycles. The Hall–Kier alpha value is -5.54. The van der Waals surface area contributed by atoms with Crippen LogP contribution in [0.15, 0.2) is 152 Å². The molecule has 0 saturated carbocycles. The summed E-state index contributed by atoms with van der Waals surface area (Å²) < 4.78 is 4.40. The van der Waals surface area contributed by atoms with Gasteiger partial charge >= 0.3 is 0 Å². The predicted octanol–water partition coefficient (Wildman–Crippen LogP) is 9.25. The van der Waals surface area contributed by atoms with Crippen molar-refractivity contribution in [2.75, 3.05) is 0 Å². The number of hydrogen-bond acceptors (Lipinski definition) is 1. The van der Waals surface area contributed by atoms with E-state index in [0.29, 0.717) is 0 Å². The summed E-state index contributed by atoms with van der Waals surface area (Å²) in [6.07, 6.45) is 4.27. The number of pyridine rings is 1. The fourth-order valence-corrected chi connectivity index (χ4v) is 6.36. The summed E-state index contributed by atoms with van der Waals surface area (Å²) in [4.78, 5) is 4.81. The molecule has 42 heavy (non-hydrogen) atoms. The van der Waals surface area contributed by atoms with Gasteiger partial charge in [-0.1, -0.05) is 97.1 Å². The van der Waals surface area contributed by atoms with E-state index in [1.165, 1.54) is 43.8 Å². The zero-order chi connectivity index (χ0) is 28.0. The summed E-state index contributed by atoms with van der Waals surface area (Å²) in [6.45, 7) is 2.06. The van der Waals surface area contributed by atoms with E-state index in [4.69, 9.17) is 4.98 Å². The molecule has 0 aliphatic carbocycles. The minimum absolute atomic E-state index is 0.974. The number of aryl methyl sites for hydroxylation is 1. The van der Waals surface area contributed by atoms with Gasteiger partial charge in [-0.2, -0.15) is 4.57 Å². The molecule has 3 heteroatoms. The third-order valence-electron chi connectivity index (χ3n) is 8.23. The number of para-hydroxylation sites is 1. The molecule has 0 saturated heterocycles. The zero-order valence-electron chi connectivity index (χ0n) is 23.3. The van der Waals surface area contributed by atoms with Gasteiger partial charge in [-0.05, 0) is 75.0 Å². The van der Waals surface area contributed by atoms with Crippen molar-refractivity contribution >= 4 is 32.6 Å². The summed E-state index contributed by atoms with van der Waals surface area (Å²) in [6, 6.07) is 49.8. The first-order valence-corrected chi connectivity index (χ1v) is 14.3. The molecule has 2 heterocycles. The molecule has 0 bridgehead atoms. The first-order chi connectivity index (χ1) is 20.8. The van der Waals surface area contributed by atoms with Crippen LogP contribution in [0, 0.1) is 6.92 Å². The Kier molecular flexibility index (Phi) is 5.68. The Labute approximate surface area is 244 Å². The van der Waals surface area contributed by atoms with Crippen molar-refractivity contribution in [3.05, 3.63) is 158 Å². The van der Waals surface area contributed by atoms with Crippen LogP contribution >= 0.6 is 0 Å². The van der Waals surface area contributed by atoms with E-state index in [2.05, 4.69) is 162 Å². The lowest BCUT2D eigenvalue weighted by Gasteiger charge is -2.17. The number of imidazole rings is 1. The molecule has 6 aromatic carbocycles. The van der Waals surface area contributed by atoms with Crippen LogP contribution in [-0.2, 0) is 0 Å². The maximum atomic E-state index is 4.81. The lowest BCUT2D eigenvalue weighted by molar-refractivity contribution is -0.594. The maximum Gasteiger partial charge on any atom is 0.210 e. The number of benzene rings is 6. The van der Waals surface area contributed by atoms with Crippen LogP contribution in [0.25, 0.3) is 66.2 Å². The topological polar surface area (TPSA) is 21.7 Å². The summed E-state index contributed by atoms with van der Waals surface area (Å²) in [5.74, 6) is 0.974. The predicted molar refractivity (Wildman–Crippen MR) is 173 cm³/mol. The first kappa shape index (κ1) is 24.3. The highest BCUT2D eigenvalue weighted by Crippen LogP contribution is 2.43. The van der Waals surface area contributed by atoms with Gasteiger partial charge in [0.1, 0.15) is 16.9 Å². The van der Waals surface area contributed by atoms with Gasteiger partial charge in [0.2, 0.25) is 11.9 Å². The van der Waals surface area contributed by atoms with Crippen molar-refractivity contribution in [3.8, 4) is 33.6 Å². The zero-order valence-corrected chi connectivity index (χ0v) is 23.3. The fraction of sp³-hybridized carbons (Fsp3) is 0.0256. The fourth-order valence-electron chi connectivity index (χ4n) is 6.36. The van der Waals surface area contributed by atoms with Crippen LogP contribution < -0.4 is 4.57 Å². The van der Waals surface area contributed by atoms with Crippen molar-refractivity contribution in [3.63, 3.8) is 0 Å². The minimum atomic E-state index is 0.974. The lowest BCUT2D eigenvalue weighted by atomic mass is 9.86. The molecule has 3 nitrogen and oxygen atoms in total. The molecule has 198 valence electrons. The Balaban J connectivity index is 1.28. The minimum Gasteiger partial charge on any atom is -0.291 e. The van der Waals surface area contributed by atoms with Crippen molar-refractivity contribution in [1.82, 2.24) is 9.55 Å². The Morgan fingerprint density at radius 3 is 1.60 bits per heavy atom. The third kappa shape index (κ3) is 3.90. The summed E-state index contributed by atoms with van der Waals surface area (Å²) >= 11 is 0. The molecule has 0 radical (unpaired) electrons. The van der Waals surface area contributed by atoms with Gasteiger partial charge in [0.25, 0.3) is 0 Å². The first-order valence-electron chi connectivity index (χ1n) is 14.3. The van der Waals surface area contributed by atoms with Crippen LogP contribution in [0.4, 0.5) is 0 Å². The van der Waals surface area contributed by atoms with Crippen molar-refractivity contribution in [2.24, 2.45) is 0 Å². The van der Waals surface area contributed by atoms with E-state index < -0.39 is 0 Å². The molecule has 0 spiro atoms. The lowest BCUT2D eigenvalue weighted by Crippen LogP contribution is -2.29. The molecule has 0 unspecified atom stereocenters. The van der Waals surface area contributed by atoms with Gasteiger partial charge in [0.05, 0.1) is 0 Å². The Morgan fingerprint density at radius 1 is 0.524 bits per heavy atom. The molecular weight excluding hydrogens is 510 g/mol. The SMILES string of the molecule is Cc1nc2cc[n+](-c3ccc(-c4c5ccccc5c(-c5ccccc5)c5ccccc45)cc3)cc2n1-c1ccccc1. The van der Waals surface area contributed by atoms with Crippen molar-refractivity contribution in [2.45, 2.75) is 6.92 Å². The molecule has 0 fully saturated rings. The van der Waals surface area contributed by atoms with E-state index >= 15 is 0 Å². The van der Waals surface area contributed by atoms with Crippen LogP contribution in [0.5, 0.6) is 0 Å². The van der Waals surface area contributed by atoms with Crippen molar-refractivity contribution < 1.29 is 4.57 Å². The summed E-state index contributed by atoms with van der Waals surface area (Å²) in [7, 11) is 0. The summed E-state index contributed by atoms with van der Waals surface area (Å²) in [5, 5.41) is 5.06. The van der Waals surface area contributed by atoms with Crippen LogP contribution in [-0.4, -0.2) is 9.55 Å². The Morgan fingerprint density at radius 2 is 1.02 bits per heavy atom. The van der Waals surface area contributed by atoms with E-state index in [-0.39, 0.29) is 0 Å². The van der Waals surface area contributed by atoms with E-state index in [0.717, 1.165) is 28.2 Å².